The first kappa shape index (κ1) is 15.8. The normalized spacial score (nSPS) is 20.6. The van der Waals surface area contributed by atoms with E-state index < -0.39 is 0 Å². The first-order valence-electron chi connectivity index (χ1n) is 6.94. The SMILES string of the molecule is CC(C)(CCCCNCC1CCC(=O)N1)C(N)=NO. The molecular formula is C13H26N4O2. The van der Waals surface area contributed by atoms with E-state index in [9.17, 15) is 4.79 Å². The molecule has 6 nitrogen and oxygen atoms in total. The van der Waals surface area contributed by atoms with Crippen molar-refractivity contribution >= 4 is 11.7 Å². The summed E-state index contributed by atoms with van der Waals surface area (Å²) in [7, 11) is 0. The van der Waals surface area contributed by atoms with Gasteiger partial charge in [-0.2, -0.15) is 0 Å². The van der Waals surface area contributed by atoms with E-state index in [0.717, 1.165) is 38.8 Å². The first-order valence-corrected chi connectivity index (χ1v) is 6.94. The number of nitrogens with zero attached hydrogens (tertiary/aromatic N) is 1. The maximum atomic E-state index is 11.0. The van der Waals surface area contributed by atoms with Crippen molar-refractivity contribution in [1.82, 2.24) is 10.6 Å². The van der Waals surface area contributed by atoms with E-state index in [1.165, 1.54) is 0 Å². The standard InChI is InChI=1S/C13H26N4O2/c1-13(2,12(14)17-19)7-3-4-8-15-9-10-5-6-11(18)16-10/h10,15,19H,3-9H2,1-2H3,(H2,14,17)(H,16,18). The second-order valence-electron chi connectivity index (χ2n) is 5.83. The Kier molecular flexibility index (Phi) is 6.08. The summed E-state index contributed by atoms with van der Waals surface area (Å²) in [5.41, 5.74) is 5.38. The topological polar surface area (TPSA) is 99.7 Å². The number of amidine groups is 1. The summed E-state index contributed by atoms with van der Waals surface area (Å²) >= 11 is 0. The molecular weight excluding hydrogens is 244 g/mol. The molecule has 1 atom stereocenters. The highest BCUT2D eigenvalue weighted by molar-refractivity contribution is 5.85. The lowest BCUT2D eigenvalue weighted by Crippen LogP contribution is -2.36. The lowest BCUT2D eigenvalue weighted by atomic mass is 9.86. The average molecular weight is 270 g/mol. The van der Waals surface area contributed by atoms with Crippen molar-refractivity contribution in [2.45, 2.75) is 52.0 Å². The van der Waals surface area contributed by atoms with Crippen LogP contribution in [0.3, 0.4) is 0 Å². The fraction of sp³-hybridized carbons (Fsp3) is 0.846. The van der Waals surface area contributed by atoms with Crippen LogP contribution in [0.15, 0.2) is 5.16 Å². The molecule has 0 radical (unpaired) electrons. The van der Waals surface area contributed by atoms with Crippen LogP contribution in [0, 0.1) is 5.41 Å². The van der Waals surface area contributed by atoms with E-state index in [4.69, 9.17) is 10.9 Å². The van der Waals surface area contributed by atoms with E-state index in [1.54, 1.807) is 0 Å². The molecule has 1 rings (SSSR count). The minimum atomic E-state index is -0.256. The monoisotopic (exact) mass is 270 g/mol. The number of nitrogens with two attached hydrogens (primary N) is 1. The number of hydrogen-bond acceptors (Lipinski definition) is 4. The third-order valence-electron chi connectivity index (χ3n) is 3.68. The van der Waals surface area contributed by atoms with Gasteiger partial charge < -0.3 is 21.6 Å². The summed E-state index contributed by atoms with van der Waals surface area (Å²) in [4.78, 5) is 11.0. The zero-order valence-corrected chi connectivity index (χ0v) is 11.9. The molecule has 0 aromatic heterocycles. The quantitative estimate of drug-likeness (QED) is 0.172. The summed E-state index contributed by atoms with van der Waals surface area (Å²) in [5.74, 6) is 0.446. The van der Waals surface area contributed by atoms with Crippen LogP contribution in [0.5, 0.6) is 0 Å². The highest BCUT2D eigenvalue weighted by Gasteiger charge is 2.23. The Balaban J connectivity index is 2.04. The zero-order valence-electron chi connectivity index (χ0n) is 11.9. The number of carbonyl (C=O) groups is 1. The van der Waals surface area contributed by atoms with Gasteiger partial charge in [-0.05, 0) is 25.8 Å². The molecule has 5 N–H and O–H groups in total. The number of nitrogens with one attached hydrogen (secondary N) is 2. The predicted molar refractivity (Wildman–Crippen MR) is 75.1 cm³/mol. The maximum absolute atomic E-state index is 11.0. The number of unbranched alkanes of at least 4 members (excludes halogenated alkanes) is 1. The van der Waals surface area contributed by atoms with Crippen molar-refractivity contribution in [3.05, 3.63) is 0 Å². The smallest absolute Gasteiger partial charge is 0.220 e. The highest BCUT2D eigenvalue weighted by atomic mass is 16.4. The minimum absolute atomic E-state index is 0.160. The third kappa shape index (κ3) is 5.46. The summed E-state index contributed by atoms with van der Waals surface area (Å²) in [6.07, 6.45) is 4.55. The van der Waals surface area contributed by atoms with E-state index in [0.29, 0.717) is 12.5 Å². The molecule has 1 saturated heterocycles. The molecule has 1 fully saturated rings. The number of rotatable bonds is 8. The molecule has 0 aliphatic carbocycles. The summed E-state index contributed by atoms with van der Waals surface area (Å²) in [6.45, 7) is 5.72. The van der Waals surface area contributed by atoms with Crippen LogP contribution in [0.1, 0.15) is 46.0 Å². The molecule has 1 aliphatic heterocycles. The molecule has 110 valence electrons. The molecule has 0 saturated carbocycles. The van der Waals surface area contributed by atoms with Crippen LogP contribution in [0.4, 0.5) is 0 Å². The minimum Gasteiger partial charge on any atom is -0.409 e. The zero-order chi connectivity index (χ0) is 14.3. The van der Waals surface area contributed by atoms with Gasteiger partial charge in [0.1, 0.15) is 5.84 Å². The van der Waals surface area contributed by atoms with Crippen molar-refractivity contribution < 1.29 is 10.0 Å². The molecule has 1 amide bonds. The molecule has 6 heteroatoms. The molecule has 19 heavy (non-hydrogen) atoms. The van der Waals surface area contributed by atoms with E-state index in [1.807, 2.05) is 13.8 Å². The van der Waals surface area contributed by atoms with Crippen molar-refractivity contribution in [2.75, 3.05) is 13.1 Å². The molecule has 0 bridgehead atoms. The van der Waals surface area contributed by atoms with Crippen molar-refractivity contribution in [3.63, 3.8) is 0 Å². The number of carbonyl (C=O) groups excluding carboxylic acids is 1. The molecule has 1 unspecified atom stereocenters. The second-order valence-corrected chi connectivity index (χ2v) is 5.83. The summed E-state index contributed by atoms with van der Waals surface area (Å²) < 4.78 is 0. The number of oxime groups is 1. The lowest BCUT2D eigenvalue weighted by Gasteiger charge is -2.22. The van der Waals surface area contributed by atoms with Gasteiger partial charge in [-0.1, -0.05) is 25.4 Å². The van der Waals surface area contributed by atoms with Gasteiger partial charge in [0.05, 0.1) is 0 Å². The number of amides is 1. The van der Waals surface area contributed by atoms with Crippen molar-refractivity contribution in [2.24, 2.45) is 16.3 Å². The Hall–Kier alpha value is -1.30. The van der Waals surface area contributed by atoms with Crippen molar-refractivity contribution in [3.8, 4) is 0 Å². The van der Waals surface area contributed by atoms with Gasteiger partial charge >= 0.3 is 0 Å². The van der Waals surface area contributed by atoms with E-state index >= 15 is 0 Å². The first-order chi connectivity index (χ1) is 8.95. The Morgan fingerprint density at radius 1 is 1.58 bits per heavy atom. The molecule has 0 aromatic rings. The second kappa shape index (κ2) is 7.33. The van der Waals surface area contributed by atoms with Gasteiger partial charge in [-0.25, -0.2) is 0 Å². The summed E-state index contributed by atoms with van der Waals surface area (Å²) in [6, 6.07) is 0.293. The van der Waals surface area contributed by atoms with Gasteiger partial charge in [0.2, 0.25) is 5.91 Å². The average Bonchev–Trinajstić information content (AvgIpc) is 2.78. The number of hydrogen-bond donors (Lipinski definition) is 4. The Morgan fingerprint density at radius 2 is 2.32 bits per heavy atom. The van der Waals surface area contributed by atoms with Gasteiger partial charge in [-0.15, -0.1) is 0 Å². The molecule has 0 spiro atoms. The van der Waals surface area contributed by atoms with E-state index in [-0.39, 0.29) is 17.2 Å². The fourth-order valence-electron chi connectivity index (χ4n) is 2.19. The van der Waals surface area contributed by atoms with Gasteiger partial charge in [0, 0.05) is 24.4 Å². The highest BCUT2D eigenvalue weighted by Crippen LogP contribution is 2.23. The maximum Gasteiger partial charge on any atom is 0.220 e. The Bertz CT molecular complexity index is 329. The van der Waals surface area contributed by atoms with Crippen molar-refractivity contribution in [1.29, 1.82) is 0 Å². The summed E-state index contributed by atoms with van der Waals surface area (Å²) in [5, 5.41) is 18.0. The molecule has 1 heterocycles. The van der Waals surface area contributed by atoms with Gasteiger partial charge in [-0.3, -0.25) is 4.79 Å². The van der Waals surface area contributed by atoms with Gasteiger partial charge in [0.15, 0.2) is 0 Å². The van der Waals surface area contributed by atoms with Crippen LogP contribution in [0.2, 0.25) is 0 Å². The van der Waals surface area contributed by atoms with Crippen LogP contribution in [0.25, 0.3) is 0 Å². The lowest BCUT2D eigenvalue weighted by molar-refractivity contribution is -0.119. The molecule has 0 aromatic carbocycles. The third-order valence-corrected chi connectivity index (χ3v) is 3.68. The van der Waals surface area contributed by atoms with Gasteiger partial charge in [0.25, 0.3) is 0 Å². The van der Waals surface area contributed by atoms with Crippen LogP contribution in [-0.4, -0.2) is 36.1 Å². The predicted octanol–water partition coefficient (Wildman–Crippen LogP) is 0.798. The van der Waals surface area contributed by atoms with Crippen LogP contribution in [-0.2, 0) is 4.79 Å². The molecule has 1 aliphatic rings. The van der Waals surface area contributed by atoms with E-state index in [2.05, 4.69) is 15.8 Å². The largest absolute Gasteiger partial charge is 0.409 e. The Labute approximate surface area is 114 Å². The van der Waals surface area contributed by atoms with Crippen LogP contribution < -0.4 is 16.4 Å². The Morgan fingerprint density at radius 3 is 2.89 bits per heavy atom. The fourth-order valence-corrected chi connectivity index (χ4v) is 2.19. The van der Waals surface area contributed by atoms with Crippen LogP contribution >= 0.6 is 0 Å².